The maximum Gasteiger partial charge on any atom is 0.405 e. The van der Waals surface area contributed by atoms with Crippen LogP contribution in [0.25, 0.3) is 10.9 Å². The molecule has 0 aliphatic carbocycles. The predicted molar refractivity (Wildman–Crippen MR) is 164 cm³/mol. The summed E-state index contributed by atoms with van der Waals surface area (Å²) in [5.74, 6) is -1.02. The van der Waals surface area contributed by atoms with Crippen molar-refractivity contribution in [3.8, 4) is 0 Å². The van der Waals surface area contributed by atoms with Crippen LogP contribution in [0.3, 0.4) is 0 Å². The van der Waals surface area contributed by atoms with Gasteiger partial charge in [0.05, 0.1) is 5.41 Å². The summed E-state index contributed by atoms with van der Waals surface area (Å²) in [6.07, 6.45) is 2.35. The first kappa shape index (κ1) is 31.6. The smallest absolute Gasteiger partial charge is 0.405 e. The number of benzene rings is 2. The van der Waals surface area contributed by atoms with Gasteiger partial charge in [-0.25, -0.2) is 9.80 Å². The van der Waals surface area contributed by atoms with Crippen molar-refractivity contribution in [3.63, 3.8) is 0 Å². The molecule has 0 radical (unpaired) electrons. The molecule has 1 saturated heterocycles. The molecule has 1 aromatic heterocycles. The van der Waals surface area contributed by atoms with E-state index in [0.29, 0.717) is 25.8 Å². The Bertz CT molecular complexity index is 1470. The fourth-order valence-corrected chi connectivity index (χ4v) is 5.83. The van der Waals surface area contributed by atoms with E-state index in [4.69, 9.17) is 0 Å². The standard InChI is InChI=1S/C32H42N6O5/c1-31(2,35-30(42)43)28(40)34-26(18-23-20-33-25-15-10-9-14-24(23)25)27(39)38-17-11-16-32(21-38,29(41)37(5)36(3)4)19-22-12-7-6-8-13-22/h6-10,12-15,20,26,33,35H,11,16-19,21H2,1-5H3,(H,34,40)(H,42,43)/t26-,32-/m1/s1. The number of nitrogens with one attached hydrogen (secondary N) is 3. The molecule has 43 heavy (non-hydrogen) atoms. The lowest BCUT2D eigenvalue weighted by Crippen LogP contribution is -2.62. The number of rotatable bonds is 10. The third kappa shape index (κ3) is 7.16. The predicted octanol–water partition coefficient (Wildman–Crippen LogP) is 3.03. The third-order valence-corrected chi connectivity index (χ3v) is 8.31. The number of carboxylic acid groups (broad SMARTS) is 1. The number of carbonyl (C=O) groups is 4. The van der Waals surface area contributed by atoms with Gasteiger partial charge >= 0.3 is 6.09 Å². The van der Waals surface area contributed by atoms with E-state index >= 15 is 0 Å². The first-order valence-corrected chi connectivity index (χ1v) is 14.5. The second kappa shape index (κ2) is 12.9. The number of para-hydroxylation sites is 1. The average molecular weight is 591 g/mol. The molecular formula is C32H42N6O5. The summed E-state index contributed by atoms with van der Waals surface area (Å²) < 4.78 is 0. The van der Waals surface area contributed by atoms with Gasteiger partial charge in [0.25, 0.3) is 0 Å². The van der Waals surface area contributed by atoms with Crippen molar-refractivity contribution in [1.29, 1.82) is 0 Å². The fraction of sp³-hybridized carbons (Fsp3) is 0.438. The fourth-order valence-electron chi connectivity index (χ4n) is 5.83. The lowest BCUT2D eigenvalue weighted by molar-refractivity contribution is -0.159. The lowest BCUT2D eigenvalue weighted by Gasteiger charge is -2.45. The summed E-state index contributed by atoms with van der Waals surface area (Å²) in [7, 11) is 5.34. The van der Waals surface area contributed by atoms with Crippen molar-refractivity contribution in [2.45, 2.75) is 51.1 Å². The first-order chi connectivity index (χ1) is 20.3. The van der Waals surface area contributed by atoms with Crippen LogP contribution in [0, 0.1) is 5.41 Å². The van der Waals surface area contributed by atoms with Crippen LogP contribution in [0.4, 0.5) is 4.79 Å². The summed E-state index contributed by atoms with van der Waals surface area (Å²) in [4.78, 5) is 58.0. The summed E-state index contributed by atoms with van der Waals surface area (Å²) in [5.41, 5.74) is 0.401. The first-order valence-electron chi connectivity index (χ1n) is 14.5. The highest BCUT2D eigenvalue weighted by atomic mass is 16.4. The quantitative estimate of drug-likeness (QED) is 0.268. The molecule has 1 aliphatic rings. The Balaban J connectivity index is 1.67. The highest BCUT2D eigenvalue weighted by Gasteiger charge is 2.46. The molecule has 0 unspecified atom stereocenters. The highest BCUT2D eigenvalue weighted by molar-refractivity contribution is 5.94. The Morgan fingerprint density at radius 2 is 1.72 bits per heavy atom. The Morgan fingerprint density at radius 3 is 2.40 bits per heavy atom. The van der Waals surface area contributed by atoms with Crippen LogP contribution in [-0.2, 0) is 27.2 Å². The number of hydrazine groups is 1. The topological polar surface area (TPSA) is 138 Å². The number of hydrogen-bond acceptors (Lipinski definition) is 5. The number of carbonyl (C=O) groups excluding carboxylic acids is 3. The molecule has 11 heteroatoms. The molecule has 2 heterocycles. The van der Waals surface area contributed by atoms with Gasteiger partial charge in [0.1, 0.15) is 11.6 Å². The van der Waals surface area contributed by atoms with E-state index < -0.39 is 29.0 Å². The minimum absolute atomic E-state index is 0.0807. The van der Waals surface area contributed by atoms with Gasteiger partial charge in [0.2, 0.25) is 17.7 Å². The van der Waals surface area contributed by atoms with Gasteiger partial charge in [0, 0.05) is 57.8 Å². The molecule has 1 fully saturated rings. The molecule has 0 spiro atoms. The van der Waals surface area contributed by atoms with Crippen molar-refractivity contribution in [2.24, 2.45) is 5.41 Å². The maximum absolute atomic E-state index is 14.3. The SMILES string of the molecule is CN(C)N(C)C(=O)[C@@]1(Cc2ccccc2)CCCN(C(=O)[C@@H](Cc2c[nH]c3ccccc23)NC(=O)C(C)(C)NC(=O)O)C1. The van der Waals surface area contributed by atoms with Crippen molar-refractivity contribution in [3.05, 3.63) is 71.9 Å². The number of aromatic amines is 1. The van der Waals surface area contributed by atoms with Crippen LogP contribution >= 0.6 is 0 Å². The monoisotopic (exact) mass is 590 g/mol. The molecule has 4 rings (SSSR count). The number of aromatic nitrogens is 1. The van der Waals surface area contributed by atoms with Crippen LogP contribution in [-0.4, -0.2) is 94.6 Å². The number of amides is 4. The molecule has 3 aromatic rings. The molecule has 2 atom stereocenters. The van der Waals surface area contributed by atoms with Crippen LogP contribution in [0.5, 0.6) is 0 Å². The Morgan fingerprint density at radius 1 is 1.05 bits per heavy atom. The number of hydrogen-bond donors (Lipinski definition) is 4. The summed E-state index contributed by atoms with van der Waals surface area (Å²) >= 11 is 0. The molecule has 230 valence electrons. The highest BCUT2D eigenvalue weighted by Crippen LogP contribution is 2.36. The van der Waals surface area contributed by atoms with Crippen LogP contribution < -0.4 is 10.6 Å². The minimum Gasteiger partial charge on any atom is -0.465 e. The van der Waals surface area contributed by atoms with Gasteiger partial charge in [-0.15, -0.1) is 0 Å². The Hall–Kier alpha value is -4.38. The number of piperidine rings is 1. The zero-order chi connectivity index (χ0) is 31.4. The van der Waals surface area contributed by atoms with Crippen LogP contribution in [0.1, 0.15) is 37.8 Å². The summed E-state index contributed by atoms with van der Waals surface area (Å²) in [6, 6.07) is 16.5. The van der Waals surface area contributed by atoms with Crippen molar-refractivity contribution >= 4 is 34.7 Å². The maximum atomic E-state index is 14.3. The summed E-state index contributed by atoms with van der Waals surface area (Å²) in [6.45, 7) is 3.52. The molecule has 11 nitrogen and oxygen atoms in total. The second-order valence-electron chi connectivity index (χ2n) is 12.1. The van der Waals surface area contributed by atoms with Gasteiger partial charge in [-0.1, -0.05) is 48.5 Å². The van der Waals surface area contributed by atoms with E-state index in [0.717, 1.165) is 22.0 Å². The number of fused-ring (bicyclic) bond motifs is 1. The summed E-state index contributed by atoms with van der Waals surface area (Å²) in [5, 5.41) is 18.6. The molecule has 4 amide bonds. The third-order valence-electron chi connectivity index (χ3n) is 8.31. The van der Waals surface area contributed by atoms with Crippen molar-refractivity contribution in [2.75, 3.05) is 34.2 Å². The van der Waals surface area contributed by atoms with Gasteiger partial charge in [-0.2, -0.15) is 0 Å². The van der Waals surface area contributed by atoms with E-state index in [1.54, 1.807) is 36.1 Å². The normalized spacial score (nSPS) is 17.9. The van der Waals surface area contributed by atoms with E-state index in [1.165, 1.54) is 13.8 Å². The van der Waals surface area contributed by atoms with Crippen LogP contribution in [0.2, 0.25) is 0 Å². The van der Waals surface area contributed by atoms with Crippen molar-refractivity contribution in [1.82, 2.24) is 30.5 Å². The zero-order valence-electron chi connectivity index (χ0n) is 25.5. The molecule has 1 aliphatic heterocycles. The van der Waals surface area contributed by atoms with Crippen LogP contribution in [0.15, 0.2) is 60.8 Å². The Labute approximate surface area is 252 Å². The van der Waals surface area contributed by atoms with Gasteiger partial charge in [-0.3, -0.25) is 19.4 Å². The second-order valence-corrected chi connectivity index (χ2v) is 12.1. The van der Waals surface area contributed by atoms with Gasteiger partial charge < -0.3 is 25.6 Å². The van der Waals surface area contributed by atoms with Crippen molar-refractivity contribution < 1.29 is 24.3 Å². The molecule has 0 bridgehead atoms. The zero-order valence-corrected chi connectivity index (χ0v) is 25.5. The van der Waals surface area contributed by atoms with Gasteiger partial charge in [0.15, 0.2) is 0 Å². The number of likely N-dealkylation sites (tertiary alicyclic amines) is 1. The molecule has 2 aromatic carbocycles. The van der Waals surface area contributed by atoms with E-state index in [-0.39, 0.29) is 24.8 Å². The largest absolute Gasteiger partial charge is 0.465 e. The van der Waals surface area contributed by atoms with Gasteiger partial charge in [-0.05, 0) is 50.3 Å². The molecule has 0 saturated carbocycles. The number of H-pyrrole nitrogens is 1. The lowest BCUT2D eigenvalue weighted by atomic mass is 9.74. The number of nitrogens with zero attached hydrogens (tertiary/aromatic N) is 3. The Kier molecular flexibility index (Phi) is 9.44. The van der Waals surface area contributed by atoms with E-state index in [2.05, 4.69) is 15.6 Å². The molecular weight excluding hydrogens is 548 g/mol. The van der Waals surface area contributed by atoms with E-state index in [9.17, 15) is 24.3 Å². The average Bonchev–Trinajstić information content (AvgIpc) is 3.38. The minimum atomic E-state index is -1.48. The molecule has 4 N–H and O–H groups in total. The van der Waals surface area contributed by atoms with E-state index in [1.807, 2.05) is 60.8 Å².